The van der Waals surface area contributed by atoms with Gasteiger partial charge in [-0.2, -0.15) is 0 Å². The Bertz CT molecular complexity index is 764. The van der Waals surface area contributed by atoms with Crippen LogP contribution in [-0.4, -0.2) is 18.7 Å². The number of benzene rings is 2. The Morgan fingerprint density at radius 2 is 1.76 bits per heavy atom. The Labute approximate surface area is 126 Å². The maximum absolute atomic E-state index is 11.0. The van der Waals surface area contributed by atoms with Crippen LogP contribution in [0.1, 0.15) is 19.4 Å². The van der Waals surface area contributed by atoms with E-state index in [1.807, 2.05) is 45.0 Å². The summed E-state index contributed by atoms with van der Waals surface area (Å²) in [6.07, 6.45) is 0. The molecule has 3 aromatic rings. The molecule has 0 aliphatic rings. The van der Waals surface area contributed by atoms with Crippen molar-refractivity contribution in [1.29, 1.82) is 0 Å². The maximum atomic E-state index is 11.0. The predicted octanol–water partition coefficient (Wildman–Crippen LogP) is 4.15. The van der Waals surface area contributed by atoms with E-state index in [0.717, 1.165) is 22.4 Å². The molecule has 1 atom stereocenters. The second kappa shape index (κ2) is 6.65. The van der Waals surface area contributed by atoms with Crippen LogP contribution in [0.5, 0.6) is 0 Å². The Hall–Kier alpha value is -1.98. The van der Waals surface area contributed by atoms with Crippen LogP contribution in [0.2, 0.25) is 0 Å². The van der Waals surface area contributed by atoms with Gasteiger partial charge < -0.3 is 9.54 Å². The van der Waals surface area contributed by atoms with E-state index in [2.05, 4.69) is 9.97 Å². The molecule has 0 aliphatic heterocycles. The van der Waals surface area contributed by atoms with Gasteiger partial charge in [0.15, 0.2) is 11.1 Å². The van der Waals surface area contributed by atoms with Crippen molar-refractivity contribution < 1.29 is 8.76 Å². The van der Waals surface area contributed by atoms with Gasteiger partial charge in [-0.05, 0) is 25.1 Å². The Kier molecular flexibility index (Phi) is 4.88. The van der Waals surface area contributed by atoms with Crippen molar-refractivity contribution in [2.75, 3.05) is 0 Å². The Balaban J connectivity index is 0.000000774. The fraction of sp³-hybridized carbons (Fsp3) is 0.188. The van der Waals surface area contributed by atoms with E-state index in [1.54, 1.807) is 18.2 Å². The van der Waals surface area contributed by atoms with Crippen molar-refractivity contribution in [1.82, 2.24) is 9.97 Å². The van der Waals surface area contributed by atoms with Gasteiger partial charge >= 0.3 is 0 Å². The lowest BCUT2D eigenvalue weighted by Crippen LogP contribution is -1.86. The molecule has 4 nitrogen and oxygen atoms in total. The molecule has 110 valence electrons. The van der Waals surface area contributed by atoms with Crippen LogP contribution in [0, 0.1) is 6.92 Å². The van der Waals surface area contributed by atoms with E-state index < -0.39 is 11.1 Å². The van der Waals surface area contributed by atoms with Crippen LogP contribution < -0.4 is 0 Å². The highest BCUT2D eigenvalue weighted by Crippen LogP contribution is 2.22. The number of fused-ring (bicyclic) bond motifs is 1. The molecule has 1 aromatic heterocycles. The van der Waals surface area contributed by atoms with E-state index in [1.165, 1.54) is 5.56 Å². The van der Waals surface area contributed by atoms with Crippen LogP contribution >= 0.6 is 0 Å². The molecule has 0 saturated carbocycles. The average Bonchev–Trinajstić information content (AvgIpc) is 2.92. The minimum atomic E-state index is -1.97. The average molecular weight is 302 g/mol. The second-order valence-electron chi connectivity index (χ2n) is 4.38. The van der Waals surface area contributed by atoms with Crippen LogP contribution in [0.4, 0.5) is 0 Å². The molecule has 21 heavy (non-hydrogen) atoms. The number of hydrogen-bond donors (Lipinski definition) is 2. The highest BCUT2D eigenvalue weighted by atomic mass is 32.2. The Morgan fingerprint density at radius 3 is 2.38 bits per heavy atom. The monoisotopic (exact) mass is 302 g/mol. The first-order valence-electron chi connectivity index (χ1n) is 6.81. The van der Waals surface area contributed by atoms with Gasteiger partial charge in [0.2, 0.25) is 0 Å². The quantitative estimate of drug-likeness (QED) is 0.699. The summed E-state index contributed by atoms with van der Waals surface area (Å²) < 4.78 is 20.1. The highest BCUT2D eigenvalue weighted by Gasteiger charge is 2.07. The number of hydrogen-bond acceptors (Lipinski definition) is 2. The summed E-state index contributed by atoms with van der Waals surface area (Å²) in [5.74, 6) is 0.760. The molecule has 0 amide bonds. The molecule has 2 aromatic carbocycles. The van der Waals surface area contributed by atoms with E-state index in [-0.39, 0.29) is 0 Å². The van der Waals surface area contributed by atoms with Gasteiger partial charge in [-0.25, -0.2) is 9.19 Å². The molecule has 0 saturated heterocycles. The molecule has 1 heterocycles. The predicted molar refractivity (Wildman–Crippen MR) is 86.7 cm³/mol. The third kappa shape index (κ3) is 3.37. The minimum absolute atomic E-state index is 0.367. The van der Waals surface area contributed by atoms with Crippen molar-refractivity contribution in [2.24, 2.45) is 0 Å². The summed E-state index contributed by atoms with van der Waals surface area (Å²) in [7, 11) is 0. The van der Waals surface area contributed by atoms with Gasteiger partial charge in [-0.3, -0.25) is 0 Å². The fourth-order valence-electron chi connectivity index (χ4n) is 1.95. The fourth-order valence-corrected chi connectivity index (χ4v) is 2.35. The summed E-state index contributed by atoms with van der Waals surface area (Å²) in [5, 5.41) is 0. The van der Waals surface area contributed by atoms with Gasteiger partial charge in [0.05, 0.1) is 15.9 Å². The molecular formula is C16H18N2O2S. The first-order chi connectivity index (χ1) is 10.1. The van der Waals surface area contributed by atoms with Crippen LogP contribution in [0.25, 0.3) is 22.4 Å². The molecule has 5 heteroatoms. The lowest BCUT2D eigenvalue weighted by Gasteiger charge is -1.96. The molecule has 0 bridgehead atoms. The molecule has 3 rings (SSSR count). The number of nitrogens with zero attached hydrogens (tertiary/aromatic N) is 1. The smallest absolute Gasteiger partial charge is 0.186 e. The zero-order chi connectivity index (χ0) is 15.4. The summed E-state index contributed by atoms with van der Waals surface area (Å²) in [5.41, 5.74) is 3.73. The second-order valence-corrected chi connectivity index (χ2v) is 5.35. The SMILES string of the molecule is CC.Cc1ccc(-c2nc3ccc(S(=O)O)cc3[nH]2)cc1. The van der Waals surface area contributed by atoms with Crippen LogP contribution in [0.3, 0.4) is 0 Å². The number of rotatable bonds is 2. The standard InChI is InChI=1S/C14H12N2O2S.C2H6/c1-9-2-4-10(5-3-9)14-15-12-7-6-11(19(17)18)8-13(12)16-14;1-2/h2-8H,1H3,(H,15,16)(H,17,18);1-2H3. The van der Waals surface area contributed by atoms with E-state index >= 15 is 0 Å². The van der Waals surface area contributed by atoms with Crippen molar-refractivity contribution in [3.05, 3.63) is 48.0 Å². The third-order valence-electron chi connectivity index (χ3n) is 2.98. The molecule has 2 N–H and O–H groups in total. The van der Waals surface area contributed by atoms with Crippen molar-refractivity contribution in [2.45, 2.75) is 25.7 Å². The molecule has 1 unspecified atom stereocenters. The van der Waals surface area contributed by atoms with Gasteiger partial charge in [-0.15, -0.1) is 0 Å². The van der Waals surface area contributed by atoms with Crippen LogP contribution in [0.15, 0.2) is 47.4 Å². The number of imidazole rings is 1. The van der Waals surface area contributed by atoms with E-state index in [4.69, 9.17) is 4.55 Å². The number of aromatic nitrogens is 2. The summed E-state index contributed by atoms with van der Waals surface area (Å²) in [6, 6.07) is 13.0. The zero-order valence-corrected chi connectivity index (χ0v) is 13.1. The summed E-state index contributed by atoms with van der Waals surface area (Å²) in [6.45, 7) is 6.03. The number of aryl methyl sites for hydroxylation is 1. The lowest BCUT2D eigenvalue weighted by molar-refractivity contribution is 0.564. The lowest BCUT2D eigenvalue weighted by atomic mass is 10.1. The van der Waals surface area contributed by atoms with Crippen molar-refractivity contribution in [3.8, 4) is 11.4 Å². The van der Waals surface area contributed by atoms with Gasteiger partial charge in [0.25, 0.3) is 0 Å². The van der Waals surface area contributed by atoms with E-state index in [0.29, 0.717) is 4.90 Å². The molecule has 0 aliphatic carbocycles. The number of H-pyrrole nitrogens is 1. The third-order valence-corrected chi connectivity index (χ3v) is 3.64. The number of nitrogens with one attached hydrogen (secondary N) is 1. The highest BCUT2D eigenvalue weighted by molar-refractivity contribution is 7.79. The molecule has 0 spiro atoms. The topological polar surface area (TPSA) is 66.0 Å². The van der Waals surface area contributed by atoms with Crippen molar-refractivity contribution >= 4 is 22.1 Å². The summed E-state index contributed by atoms with van der Waals surface area (Å²) in [4.78, 5) is 8.01. The first-order valence-corrected chi connectivity index (χ1v) is 7.92. The summed E-state index contributed by atoms with van der Waals surface area (Å²) >= 11 is -1.97. The van der Waals surface area contributed by atoms with Gasteiger partial charge in [-0.1, -0.05) is 43.7 Å². The molecular weight excluding hydrogens is 284 g/mol. The maximum Gasteiger partial charge on any atom is 0.186 e. The number of aromatic amines is 1. The molecule has 0 radical (unpaired) electrons. The van der Waals surface area contributed by atoms with E-state index in [9.17, 15) is 4.21 Å². The van der Waals surface area contributed by atoms with Crippen molar-refractivity contribution in [3.63, 3.8) is 0 Å². The minimum Gasteiger partial charge on any atom is -0.338 e. The molecule has 0 fully saturated rings. The van der Waals surface area contributed by atoms with Crippen LogP contribution in [-0.2, 0) is 11.1 Å². The van der Waals surface area contributed by atoms with Gasteiger partial charge in [0.1, 0.15) is 5.82 Å². The van der Waals surface area contributed by atoms with Gasteiger partial charge in [0, 0.05) is 5.56 Å². The first kappa shape index (κ1) is 15.4. The zero-order valence-electron chi connectivity index (χ0n) is 12.3. The normalized spacial score (nSPS) is 11.8. The largest absolute Gasteiger partial charge is 0.338 e. The Morgan fingerprint density at radius 1 is 1.10 bits per heavy atom.